The Bertz CT molecular complexity index is 2380. The standard InChI is InChI=1S/C44H51FN8O9/c1-2-51-25-32(41(57)58)39(55)31-21-33(45)36(22-35(31)51)52-17-19-53(20-18-52)43(60)62-27-29-10-12-30(13-11-29)50-40(56)34(9-6-16-48-42(47)59)49-24-37(46)44(14-15-44)23-38(54)61-26-28-7-4-3-5-8-28/h3-5,7-8,10-13,21-22,24-25,34,49H,2,6,9,14-20,23,26-27,46H2,1H3,(H,50,56)(H,57,58)(H3,47,48,59)/b37-24-/t34-/m0/s1. The lowest BCUT2D eigenvalue weighted by atomic mass is 9.99. The number of nitrogens with two attached hydrogens (primary N) is 2. The number of ether oxygens (including phenoxy) is 2. The van der Waals surface area contributed by atoms with Crippen LogP contribution in [0.2, 0.25) is 0 Å². The molecule has 1 aromatic heterocycles. The van der Waals surface area contributed by atoms with E-state index in [4.69, 9.17) is 20.9 Å². The van der Waals surface area contributed by atoms with Crippen LogP contribution in [0.3, 0.4) is 0 Å². The number of hydrogen-bond donors (Lipinski definition) is 6. The molecule has 8 N–H and O–H groups in total. The van der Waals surface area contributed by atoms with Gasteiger partial charge in [-0.25, -0.2) is 18.8 Å². The number of esters is 1. The van der Waals surface area contributed by atoms with E-state index in [0.29, 0.717) is 67.8 Å². The highest BCUT2D eigenvalue weighted by molar-refractivity contribution is 5.95. The number of pyridine rings is 1. The SMILES string of the molecule is CCn1cc(C(=O)O)c(=O)c2cc(F)c(N3CCN(C(=O)OCc4ccc(NC(=O)[C@H](CCCNC(N)=O)N/C=C(\N)C5(CC(=O)OCc6ccccc6)CC5)cc4)CC3)cc21. The molecular formula is C44H51FN8O9. The highest BCUT2D eigenvalue weighted by Crippen LogP contribution is 2.53. The van der Waals surface area contributed by atoms with E-state index >= 15 is 4.39 Å². The first-order chi connectivity index (χ1) is 29.8. The van der Waals surface area contributed by atoms with E-state index in [9.17, 15) is 33.9 Å². The number of carbonyl (C=O) groups is 5. The number of hydrogen-bond acceptors (Lipinski definition) is 11. The number of carbonyl (C=O) groups excluding carboxylic acids is 4. The number of halogens is 1. The highest BCUT2D eigenvalue weighted by atomic mass is 19.1. The molecule has 4 amide bonds. The summed E-state index contributed by atoms with van der Waals surface area (Å²) in [6.07, 6.45) is 4.53. The molecule has 1 atom stereocenters. The van der Waals surface area contributed by atoms with E-state index in [-0.39, 0.29) is 62.2 Å². The second kappa shape index (κ2) is 20.0. The number of fused-ring (bicyclic) bond motifs is 1. The van der Waals surface area contributed by atoms with Gasteiger partial charge in [0.2, 0.25) is 11.3 Å². The van der Waals surface area contributed by atoms with Crippen molar-refractivity contribution in [3.63, 3.8) is 0 Å². The number of primary amides is 1. The van der Waals surface area contributed by atoms with E-state index in [1.807, 2.05) is 30.3 Å². The lowest BCUT2D eigenvalue weighted by Crippen LogP contribution is -2.49. The Kier molecular flexibility index (Phi) is 14.3. The van der Waals surface area contributed by atoms with Crippen LogP contribution in [0.1, 0.15) is 60.5 Å². The van der Waals surface area contributed by atoms with Gasteiger partial charge in [0.05, 0.1) is 17.6 Å². The lowest BCUT2D eigenvalue weighted by Gasteiger charge is -2.35. The zero-order valence-electron chi connectivity index (χ0n) is 34.4. The molecule has 0 unspecified atom stereocenters. The highest BCUT2D eigenvalue weighted by Gasteiger charge is 2.47. The third-order valence-corrected chi connectivity index (χ3v) is 11.1. The van der Waals surface area contributed by atoms with Crippen molar-refractivity contribution in [1.82, 2.24) is 20.1 Å². The molecule has 1 saturated carbocycles. The molecule has 328 valence electrons. The van der Waals surface area contributed by atoms with E-state index in [1.54, 1.807) is 46.9 Å². The molecule has 1 aliphatic carbocycles. The van der Waals surface area contributed by atoms with Gasteiger partial charge in [-0.3, -0.25) is 14.4 Å². The van der Waals surface area contributed by atoms with Crippen molar-refractivity contribution in [1.29, 1.82) is 0 Å². The molecule has 18 heteroatoms. The number of rotatable bonds is 18. The average molecular weight is 855 g/mol. The van der Waals surface area contributed by atoms with Crippen molar-refractivity contribution in [2.45, 2.75) is 64.8 Å². The van der Waals surface area contributed by atoms with Crippen molar-refractivity contribution in [3.8, 4) is 0 Å². The number of amides is 4. The Labute approximate surface area is 356 Å². The first kappa shape index (κ1) is 44.4. The maximum absolute atomic E-state index is 15.3. The van der Waals surface area contributed by atoms with Crippen molar-refractivity contribution in [2.24, 2.45) is 16.9 Å². The fraction of sp³-hybridized carbons (Fsp3) is 0.364. The smallest absolute Gasteiger partial charge is 0.410 e. The van der Waals surface area contributed by atoms with Gasteiger partial charge in [-0.1, -0.05) is 42.5 Å². The van der Waals surface area contributed by atoms with Gasteiger partial charge in [-0.2, -0.15) is 0 Å². The van der Waals surface area contributed by atoms with E-state index < -0.39 is 46.4 Å². The van der Waals surface area contributed by atoms with Crippen LogP contribution >= 0.6 is 0 Å². The summed E-state index contributed by atoms with van der Waals surface area (Å²) in [4.78, 5) is 78.0. The molecule has 1 saturated heterocycles. The topological polar surface area (TPSA) is 241 Å². The summed E-state index contributed by atoms with van der Waals surface area (Å²) in [5.74, 6) is -2.78. The molecule has 17 nitrogen and oxygen atoms in total. The minimum Gasteiger partial charge on any atom is -0.477 e. The number of carboxylic acids is 1. The molecule has 6 rings (SSSR count). The molecule has 1 aliphatic heterocycles. The van der Waals surface area contributed by atoms with Crippen LogP contribution in [-0.4, -0.2) is 83.3 Å². The second-order valence-corrected chi connectivity index (χ2v) is 15.4. The van der Waals surface area contributed by atoms with Crippen LogP contribution in [0.15, 0.2) is 89.6 Å². The van der Waals surface area contributed by atoms with Crippen molar-refractivity contribution in [3.05, 3.63) is 118 Å². The largest absolute Gasteiger partial charge is 0.477 e. The maximum Gasteiger partial charge on any atom is 0.410 e. The summed E-state index contributed by atoms with van der Waals surface area (Å²) in [6.45, 7) is 3.61. The summed E-state index contributed by atoms with van der Waals surface area (Å²) in [7, 11) is 0. The summed E-state index contributed by atoms with van der Waals surface area (Å²) >= 11 is 0. The van der Waals surface area contributed by atoms with Crippen LogP contribution in [0.5, 0.6) is 0 Å². The molecule has 4 aromatic rings. The zero-order valence-corrected chi connectivity index (χ0v) is 34.4. The van der Waals surface area contributed by atoms with Crippen molar-refractivity contribution >= 4 is 52.2 Å². The number of aromatic nitrogens is 1. The Morgan fingerprint density at radius 1 is 0.935 bits per heavy atom. The van der Waals surface area contributed by atoms with E-state index in [1.165, 1.54) is 17.2 Å². The third-order valence-electron chi connectivity index (χ3n) is 11.1. The first-order valence-electron chi connectivity index (χ1n) is 20.4. The summed E-state index contributed by atoms with van der Waals surface area (Å²) in [5.41, 5.74) is 13.0. The Morgan fingerprint density at radius 3 is 2.26 bits per heavy atom. The summed E-state index contributed by atoms with van der Waals surface area (Å²) in [6, 6.07) is 17.3. The molecule has 0 bridgehead atoms. The fourth-order valence-electron chi connectivity index (χ4n) is 7.27. The number of nitrogens with one attached hydrogen (secondary N) is 3. The predicted octanol–water partition coefficient (Wildman–Crippen LogP) is 4.38. The monoisotopic (exact) mass is 854 g/mol. The maximum atomic E-state index is 15.3. The summed E-state index contributed by atoms with van der Waals surface area (Å²) < 4.78 is 28.0. The van der Waals surface area contributed by atoms with Gasteiger partial charge in [0.25, 0.3) is 0 Å². The number of anilines is 2. The third kappa shape index (κ3) is 11.2. The van der Waals surface area contributed by atoms with Crippen molar-refractivity contribution < 1.29 is 42.9 Å². The minimum atomic E-state index is -1.38. The van der Waals surface area contributed by atoms with Crippen LogP contribution in [0.25, 0.3) is 10.9 Å². The fourth-order valence-corrected chi connectivity index (χ4v) is 7.27. The van der Waals surface area contributed by atoms with Gasteiger partial charge in [0.1, 0.15) is 30.6 Å². The summed E-state index contributed by atoms with van der Waals surface area (Å²) in [5, 5.41) is 17.9. The van der Waals surface area contributed by atoms with Gasteiger partial charge in [-0.05, 0) is 68.0 Å². The average Bonchev–Trinajstić information content (AvgIpc) is 4.05. The second-order valence-electron chi connectivity index (χ2n) is 15.4. The Morgan fingerprint density at radius 2 is 1.61 bits per heavy atom. The molecule has 2 heterocycles. The Balaban J connectivity index is 0.995. The van der Waals surface area contributed by atoms with Gasteiger partial charge in [0.15, 0.2) is 0 Å². The quantitative estimate of drug-likeness (QED) is 0.0604. The van der Waals surface area contributed by atoms with Gasteiger partial charge in [0, 0.05) is 73.9 Å². The molecule has 3 aromatic carbocycles. The molecule has 62 heavy (non-hydrogen) atoms. The molecule has 2 fully saturated rings. The number of piperazine rings is 1. The number of aryl methyl sites for hydroxylation is 1. The lowest BCUT2D eigenvalue weighted by molar-refractivity contribution is -0.146. The van der Waals surface area contributed by atoms with Crippen LogP contribution in [-0.2, 0) is 38.8 Å². The zero-order chi connectivity index (χ0) is 44.4. The number of nitrogens with zero attached hydrogens (tertiary/aromatic N) is 3. The van der Waals surface area contributed by atoms with Crippen molar-refractivity contribution in [2.75, 3.05) is 42.9 Å². The van der Waals surface area contributed by atoms with Crippen LogP contribution < -0.4 is 37.7 Å². The number of carboxylic acid groups (broad SMARTS) is 1. The van der Waals surface area contributed by atoms with Crippen LogP contribution in [0.4, 0.5) is 25.4 Å². The van der Waals surface area contributed by atoms with Crippen LogP contribution in [0, 0.1) is 11.2 Å². The number of benzene rings is 3. The first-order valence-corrected chi connectivity index (χ1v) is 20.4. The molecule has 2 aliphatic rings. The minimum absolute atomic E-state index is 0.0216. The number of urea groups is 1. The van der Waals surface area contributed by atoms with E-state index in [2.05, 4.69) is 16.0 Å². The molecule has 0 radical (unpaired) electrons. The Hall–Kier alpha value is -7.11. The van der Waals surface area contributed by atoms with Gasteiger partial charge in [-0.15, -0.1) is 0 Å². The number of allylic oxidation sites excluding steroid dienone is 1. The van der Waals surface area contributed by atoms with Gasteiger partial charge >= 0.3 is 24.1 Å². The predicted molar refractivity (Wildman–Crippen MR) is 228 cm³/mol. The normalized spacial score (nSPS) is 15.0. The molecule has 0 spiro atoms. The molecular weight excluding hydrogens is 804 g/mol. The van der Waals surface area contributed by atoms with E-state index in [0.717, 1.165) is 11.6 Å². The van der Waals surface area contributed by atoms with Gasteiger partial charge < -0.3 is 56.4 Å². The number of aromatic carboxylic acids is 1.